The monoisotopic (exact) mass is 394 g/mol. The highest BCUT2D eigenvalue weighted by Gasteiger charge is 2.06. The molecule has 29 heavy (non-hydrogen) atoms. The molecular formula is C27H35FO. The topological polar surface area (TPSA) is 9.23 Å². The van der Waals surface area contributed by atoms with Gasteiger partial charge in [-0.1, -0.05) is 74.4 Å². The van der Waals surface area contributed by atoms with Crippen LogP contribution in [-0.2, 0) is 11.2 Å². The number of hydrogen-bond acceptors (Lipinski definition) is 1. The number of rotatable bonds is 13. The third-order valence-electron chi connectivity index (χ3n) is 5.08. The molecule has 0 spiro atoms. The van der Waals surface area contributed by atoms with Gasteiger partial charge in [0.2, 0.25) is 0 Å². The van der Waals surface area contributed by atoms with Crippen LogP contribution in [0.5, 0.6) is 0 Å². The predicted octanol–water partition coefficient (Wildman–Crippen LogP) is 8.00. The van der Waals surface area contributed by atoms with Gasteiger partial charge in [-0.25, -0.2) is 4.39 Å². The molecule has 2 aromatic rings. The third-order valence-corrected chi connectivity index (χ3v) is 5.08. The van der Waals surface area contributed by atoms with Crippen LogP contribution < -0.4 is 0 Å². The van der Waals surface area contributed by atoms with Gasteiger partial charge in [-0.3, -0.25) is 0 Å². The molecule has 156 valence electrons. The molecule has 0 aliphatic carbocycles. The van der Waals surface area contributed by atoms with E-state index < -0.39 is 0 Å². The van der Waals surface area contributed by atoms with E-state index in [1.165, 1.54) is 18.4 Å². The lowest BCUT2D eigenvalue weighted by Gasteiger charge is -2.12. The first-order chi connectivity index (χ1) is 14.1. The van der Waals surface area contributed by atoms with E-state index in [9.17, 15) is 4.39 Å². The first-order valence-corrected chi connectivity index (χ1v) is 10.9. The lowest BCUT2D eigenvalue weighted by molar-refractivity contribution is 0.0566. The lowest BCUT2D eigenvalue weighted by Crippen LogP contribution is -2.08. The highest BCUT2D eigenvalue weighted by molar-refractivity contribution is 5.66. The molecule has 2 rings (SSSR count). The molecule has 0 saturated heterocycles. The zero-order valence-electron chi connectivity index (χ0n) is 18.0. The van der Waals surface area contributed by atoms with Crippen LogP contribution >= 0.6 is 0 Å². The maximum Gasteiger partial charge on any atom is 0.131 e. The second-order valence-corrected chi connectivity index (χ2v) is 7.65. The van der Waals surface area contributed by atoms with Crippen LogP contribution in [0.1, 0.15) is 63.5 Å². The molecule has 2 aromatic carbocycles. The number of benzene rings is 2. The van der Waals surface area contributed by atoms with E-state index in [1.807, 2.05) is 48.6 Å². The molecule has 0 aliphatic rings. The molecule has 0 aliphatic heterocycles. The summed E-state index contributed by atoms with van der Waals surface area (Å²) in [6, 6.07) is 13.5. The van der Waals surface area contributed by atoms with Gasteiger partial charge in [0, 0.05) is 12.2 Å². The Balaban J connectivity index is 1.80. The number of halogens is 1. The Kier molecular flexibility index (Phi) is 10.4. The van der Waals surface area contributed by atoms with Crippen molar-refractivity contribution in [3.05, 3.63) is 78.1 Å². The Morgan fingerprint density at radius 2 is 1.86 bits per heavy atom. The number of unbranched alkanes of at least 4 members (excludes halogenated alkanes) is 3. The summed E-state index contributed by atoms with van der Waals surface area (Å²) in [4.78, 5) is 0. The second kappa shape index (κ2) is 13.1. The Morgan fingerprint density at radius 3 is 2.55 bits per heavy atom. The first-order valence-electron chi connectivity index (χ1n) is 10.9. The standard InChI is InChI=1S/C27H35FO/c1-4-6-10-20-29-22(3)12-8-7-9-13-24-16-19-26(27(28)21-24)25-17-14-23(11-5-2)15-18-25/h5,9,13-19,21-22H,2,4,6-8,10-12,20H2,1,3H3/b13-9+. The zero-order valence-corrected chi connectivity index (χ0v) is 18.0. The molecule has 0 N–H and O–H groups in total. The molecule has 0 heterocycles. The SMILES string of the molecule is C=CCc1ccc(-c2ccc(/C=C/CCCC(C)OCCCCC)cc2F)cc1. The fraction of sp³-hybridized carbons (Fsp3) is 0.407. The van der Waals surface area contributed by atoms with Gasteiger partial charge in [0.05, 0.1) is 6.10 Å². The van der Waals surface area contributed by atoms with Crippen molar-refractivity contribution in [1.29, 1.82) is 0 Å². The Hall–Kier alpha value is -2.19. The van der Waals surface area contributed by atoms with Gasteiger partial charge >= 0.3 is 0 Å². The number of allylic oxidation sites excluding steroid dienone is 2. The summed E-state index contributed by atoms with van der Waals surface area (Å²) in [5.74, 6) is -0.183. The van der Waals surface area contributed by atoms with Crippen LogP contribution in [0.25, 0.3) is 17.2 Å². The van der Waals surface area contributed by atoms with Crippen molar-refractivity contribution in [1.82, 2.24) is 0 Å². The second-order valence-electron chi connectivity index (χ2n) is 7.65. The van der Waals surface area contributed by atoms with Crippen LogP contribution in [0.3, 0.4) is 0 Å². The van der Waals surface area contributed by atoms with Crippen LogP contribution in [0.15, 0.2) is 61.2 Å². The minimum absolute atomic E-state index is 0.183. The van der Waals surface area contributed by atoms with Gasteiger partial charge in [0.25, 0.3) is 0 Å². The van der Waals surface area contributed by atoms with E-state index in [4.69, 9.17) is 4.74 Å². The number of ether oxygens (including phenoxy) is 1. The molecule has 0 aromatic heterocycles. The van der Waals surface area contributed by atoms with Crippen molar-refractivity contribution < 1.29 is 9.13 Å². The van der Waals surface area contributed by atoms with Crippen LogP contribution in [0, 0.1) is 5.82 Å². The van der Waals surface area contributed by atoms with Gasteiger partial charge in [0.1, 0.15) is 5.82 Å². The molecule has 0 bridgehead atoms. The first kappa shape index (κ1) is 23.1. The fourth-order valence-corrected chi connectivity index (χ4v) is 3.32. The van der Waals surface area contributed by atoms with Gasteiger partial charge < -0.3 is 4.74 Å². The lowest BCUT2D eigenvalue weighted by atomic mass is 10.0. The van der Waals surface area contributed by atoms with E-state index in [0.717, 1.165) is 49.8 Å². The normalized spacial score (nSPS) is 12.4. The molecule has 1 unspecified atom stereocenters. The maximum absolute atomic E-state index is 14.6. The molecule has 1 atom stereocenters. The Bertz CT molecular complexity index is 761. The van der Waals surface area contributed by atoms with Crippen molar-refractivity contribution in [2.45, 2.75) is 64.9 Å². The molecule has 0 radical (unpaired) electrons. The van der Waals surface area contributed by atoms with Gasteiger partial charge in [-0.05, 0) is 61.8 Å². The zero-order chi connectivity index (χ0) is 20.9. The van der Waals surface area contributed by atoms with Crippen molar-refractivity contribution >= 4 is 6.08 Å². The quantitative estimate of drug-likeness (QED) is 0.247. The van der Waals surface area contributed by atoms with Crippen LogP contribution in [0.4, 0.5) is 4.39 Å². The Labute approximate surface area is 176 Å². The predicted molar refractivity (Wildman–Crippen MR) is 124 cm³/mol. The van der Waals surface area contributed by atoms with Gasteiger partial charge in [-0.15, -0.1) is 6.58 Å². The molecule has 0 fully saturated rings. The van der Waals surface area contributed by atoms with Crippen LogP contribution in [-0.4, -0.2) is 12.7 Å². The number of hydrogen-bond donors (Lipinski definition) is 0. The van der Waals surface area contributed by atoms with Crippen molar-refractivity contribution in [2.24, 2.45) is 0 Å². The average Bonchev–Trinajstić information content (AvgIpc) is 2.72. The average molecular weight is 395 g/mol. The third kappa shape index (κ3) is 8.37. The van der Waals surface area contributed by atoms with E-state index in [1.54, 1.807) is 6.07 Å². The highest BCUT2D eigenvalue weighted by atomic mass is 19.1. The van der Waals surface area contributed by atoms with E-state index in [2.05, 4.69) is 26.5 Å². The summed E-state index contributed by atoms with van der Waals surface area (Å²) in [6.07, 6.45) is 13.9. The summed E-state index contributed by atoms with van der Waals surface area (Å²) in [6.45, 7) is 8.97. The van der Waals surface area contributed by atoms with Gasteiger partial charge in [-0.2, -0.15) is 0 Å². The minimum atomic E-state index is -0.183. The summed E-state index contributed by atoms with van der Waals surface area (Å²) in [7, 11) is 0. The maximum atomic E-state index is 14.6. The summed E-state index contributed by atoms with van der Waals surface area (Å²) < 4.78 is 20.4. The summed E-state index contributed by atoms with van der Waals surface area (Å²) in [5, 5.41) is 0. The molecule has 2 heteroatoms. The summed E-state index contributed by atoms with van der Waals surface area (Å²) in [5.41, 5.74) is 3.63. The largest absolute Gasteiger partial charge is 0.379 e. The molecule has 0 amide bonds. The van der Waals surface area contributed by atoms with Crippen molar-refractivity contribution in [3.63, 3.8) is 0 Å². The Morgan fingerprint density at radius 1 is 1.07 bits per heavy atom. The fourth-order valence-electron chi connectivity index (χ4n) is 3.32. The van der Waals surface area contributed by atoms with Crippen molar-refractivity contribution in [2.75, 3.05) is 6.61 Å². The summed E-state index contributed by atoms with van der Waals surface area (Å²) >= 11 is 0. The molecule has 1 nitrogen and oxygen atoms in total. The van der Waals surface area contributed by atoms with Crippen LogP contribution in [0.2, 0.25) is 0 Å². The van der Waals surface area contributed by atoms with Crippen molar-refractivity contribution in [3.8, 4) is 11.1 Å². The minimum Gasteiger partial charge on any atom is -0.379 e. The van der Waals surface area contributed by atoms with E-state index in [-0.39, 0.29) is 5.82 Å². The smallest absolute Gasteiger partial charge is 0.131 e. The van der Waals surface area contributed by atoms with E-state index in [0.29, 0.717) is 11.7 Å². The van der Waals surface area contributed by atoms with Gasteiger partial charge in [0.15, 0.2) is 0 Å². The molecular weight excluding hydrogens is 359 g/mol. The molecule has 0 saturated carbocycles. The highest BCUT2D eigenvalue weighted by Crippen LogP contribution is 2.25. The van der Waals surface area contributed by atoms with E-state index >= 15 is 0 Å².